The Hall–Kier alpha value is -2.27. The minimum Gasteiger partial charge on any atom is -0.345 e. The van der Waals surface area contributed by atoms with Crippen LogP contribution in [0, 0.1) is 17.6 Å². The lowest BCUT2D eigenvalue weighted by Crippen LogP contribution is -2.29. The molecule has 1 amide bonds. The number of benzene rings is 2. The molecule has 0 spiro atoms. The first kappa shape index (κ1) is 17.5. The quantitative estimate of drug-likeness (QED) is 0.841. The van der Waals surface area contributed by atoms with Crippen LogP contribution >= 0.6 is 0 Å². The van der Waals surface area contributed by atoms with Gasteiger partial charge in [0.1, 0.15) is 11.6 Å². The molecule has 3 rings (SSSR count). The third-order valence-electron chi connectivity index (χ3n) is 4.65. The molecule has 1 unspecified atom stereocenters. The second kappa shape index (κ2) is 8.21. The van der Waals surface area contributed by atoms with E-state index in [1.54, 1.807) is 24.3 Å². The van der Waals surface area contributed by atoms with Crippen LogP contribution in [0.15, 0.2) is 48.5 Å². The standard InChI is InChI=1S/C20H22F2N2O/c21-17-6-2-15(3-7-17)20(16-4-8-18(22)9-5-16)24-19(25)10-1-14-11-12-23-13-14/h2-9,14,20,23H,1,10-13H2,(H,24,25). The number of nitrogens with one attached hydrogen (secondary N) is 2. The van der Waals surface area contributed by atoms with E-state index in [9.17, 15) is 13.6 Å². The molecule has 1 atom stereocenters. The van der Waals surface area contributed by atoms with Gasteiger partial charge in [-0.3, -0.25) is 4.79 Å². The van der Waals surface area contributed by atoms with Gasteiger partial charge in [-0.05, 0) is 67.2 Å². The van der Waals surface area contributed by atoms with Gasteiger partial charge in [0.2, 0.25) is 5.91 Å². The summed E-state index contributed by atoms with van der Waals surface area (Å²) in [5.41, 5.74) is 1.53. The van der Waals surface area contributed by atoms with Crippen LogP contribution in [-0.2, 0) is 4.79 Å². The van der Waals surface area contributed by atoms with Gasteiger partial charge < -0.3 is 10.6 Å². The van der Waals surface area contributed by atoms with Crippen LogP contribution in [0.3, 0.4) is 0 Å². The van der Waals surface area contributed by atoms with Crippen molar-refractivity contribution in [2.24, 2.45) is 5.92 Å². The van der Waals surface area contributed by atoms with Crippen molar-refractivity contribution in [2.75, 3.05) is 13.1 Å². The highest BCUT2D eigenvalue weighted by atomic mass is 19.1. The summed E-state index contributed by atoms with van der Waals surface area (Å²) in [7, 11) is 0. The average Bonchev–Trinajstić information content (AvgIpc) is 3.13. The predicted octanol–water partition coefficient (Wildman–Crippen LogP) is 3.56. The van der Waals surface area contributed by atoms with Gasteiger partial charge >= 0.3 is 0 Å². The van der Waals surface area contributed by atoms with Crippen LogP contribution < -0.4 is 10.6 Å². The molecule has 1 aliphatic rings. The number of halogens is 2. The van der Waals surface area contributed by atoms with E-state index in [4.69, 9.17) is 0 Å². The van der Waals surface area contributed by atoms with Crippen LogP contribution in [-0.4, -0.2) is 19.0 Å². The smallest absolute Gasteiger partial charge is 0.220 e. The third-order valence-corrected chi connectivity index (χ3v) is 4.65. The lowest BCUT2D eigenvalue weighted by Gasteiger charge is -2.20. The molecule has 1 saturated heterocycles. The topological polar surface area (TPSA) is 41.1 Å². The first-order valence-corrected chi connectivity index (χ1v) is 8.63. The second-order valence-corrected chi connectivity index (χ2v) is 6.50. The van der Waals surface area contributed by atoms with Crippen LogP contribution in [0.1, 0.15) is 36.4 Å². The van der Waals surface area contributed by atoms with Gasteiger partial charge in [0, 0.05) is 6.42 Å². The molecule has 2 aromatic carbocycles. The molecule has 2 aromatic rings. The van der Waals surface area contributed by atoms with E-state index < -0.39 is 6.04 Å². The maximum absolute atomic E-state index is 13.2. The minimum atomic E-state index is -0.421. The molecule has 0 aromatic heterocycles. The molecule has 25 heavy (non-hydrogen) atoms. The van der Waals surface area contributed by atoms with Crippen molar-refractivity contribution in [3.05, 3.63) is 71.3 Å². The number of rotatable bonds is 6. The zero-order valence-corrected chi connectivity index (χ0v) is 14.0. The molecular weight excluding hydrogens is 322 g/mol. The molecule has 1 fully saturated rings. The zero-order valence-electron chi connectivity index (χ0n) is 14.0. The third kappa shape index (κ3) is 4.86. The Morgan fingerprint density at radius 1 is 1.04 bits per heavy atom. The monoisotopic (exact) mass is 344 g/mol. The van der Waals surface area contributed by atoms with Crippen molar-refractivity contribution in [1.82, 2.24) is 10.6 Å². The van der Waals surface area contributed by atoms with Gasteiger partial charge in [0.15, 0.2) is 0 Å². The molecule has 2 N–H and O–H groups in total. The Morgan fingerprint density at radius 3 is 2.08 bits per heavy atom. The summed E-state index contributed by atoms with van der Waals surface area (Å²) in [6, 6.07) is 11.6. The zero-order chi connectivity index (χ0) is 17.6. The van der Waals surface area contributed by atoms with Gasteiger partial charge in [-0.25, -0.2) is 8.78 Å². The highest BCUT2D eigenvalue weighted by Crippen LogP contribution is 2.23. The van der Waals surface area contributed by atoms with E-state index in [-0.39, 0.29) is 17.5 Å². The summed E-state index contributed by atoms with van der Waals surface area (Å²) in [5.74, 6) is -0.172. The van der Waals surface area contributed by atoms with Crippen LogP contribution in [0.5, 0.6) is 0 Å². The molecule has 3 nitrogen and oxygen atoms in total. The normalized spacial score (nSPS) is 17.0. The fourth-order valence-electron chi connectivity index (χ4n) is 3.20. The largest absolute Gasteiger partial charge is 0.345 e. The molecule has 0 saturated carbocycles. The Bertz CT molecular complexity index is 649. The average molecular weight is 344 g/mol. The number of hydrogen-bond acceptors (Lipinski definition) is 2. The van der Waals surface area contributed by atoms with E-state index in [0.717, 1.165) is 37.1 Å². The van der Waals surface area contributed by atoms with Crippen molar-refractivity contribution in [1.29, 1.82) is 0 Å². The molecule has 0 bridgehead atoms. The van der Waals surface area contributed by atoms with E-state index >= 15 is 0 Å². The van der Waals surface area contributed by atoms with E-state index in [1.807, 2.05) is 0 Å². The summed E-state index contributed by atoms with van der Waals surface area (Å²) in [5, 5.41) is 6.30. The first-order chi connectivity index (χ1) is 12.1. The van der Waals surface area contributed by atoms with Gasteiger partial charge in [0.25, 0.3) is 0 Å². The predicted molar refractivity (Wildman–Crippen MR) is 93.0 cm³/mol. The van der Waals surface area contributed by atoms with Crippen molar-refractivity contribution in [2.45, 2.75) is 25.3 Å². The molecule has 0 radical (unpaired) electrons. The fraction of sp³-hybridized carbons (Fsp3) is 0.350. The fourth-order valence-corrected chi connectivity index (χ4v) is 3.20. The SMILES string of the molecule is O=C(CCC1CCNC1)NC(c1ccc(F)cc1)c1ccc(F)cc1. The molecule has 0 aliphatic carbocycles. The highest BCUT2D eigenvalue weighted by Gasteiger charge is 2.19. The van der Waals surface area contributed by atoms with E-state index in [0.29, 0.717) is 12.3 Å². The summed E-state index contributed by atoms with van der Waals surface area (Å²) in [6.45, 7) is 1.98. The van der Waals surface area contributed by atoms with Gasteiger partial charge in [-0.15, -0.1) is 0 Å². The highest BCUT2D eigenvalue weighted by molar-refractivity contribution is 5.77. The first-order valence-electron chi connectivity index (χ1n) is 8.63. The maximum atomic E-state index is 13.2. The van der Waals surface area contributed by atoms with Gasteiger partial charge in [-0.1, -0.05) is 24.3 Å². The summed E-state index contributed by atoms with van der Waals surface area (Å²) < 4.78 is 26.4. The summed E-state index contributed by atoms with van der Waals surface area (Å²) >= 11 is 0. The Balaban J connectivity index is 1.72. The number of hydrogen-bond donors (Lipinski definition) is 2. The van der Waals surface area contributed by atoms with Gasteiger partial charge in [-0.2, -0.15) is 0 Å². The van der Waals surface area contributed by atoms with Gasteiger partial charge in [0.05, 0.1) is 6.04 Å². The van der Waals surface area contributed by atoms with Crippen LogP contribution in [0.4, 0.5) is 8.78 Å². The molecule has 5 heteroatoms. The van der Waals surface area contributed by atoms with Crippen molar-refractivity contribution in [3.8, 4) is 0 Å². The molecule has 1 aliphatic heterocycles. The van der Waals surface area contributed by atoms with Crippen molar-refractivity contribution >= 4 is 5.91 Å². The Kier molecular flexibility index (Phi) is 5.76. The van der Waals surface area contributed by atoms with E-state index in [1.165, 1.54) is 24.3 Å². The van der Waals surface area contributed by atoms with Crippen molar-refractivity contribution < 1.29 is 13.6 Å². The van der Waals surface area contributed by atoms with Crippen LogP contribution in [0.25, 0.3) is 0 Å². The molecular formula is C20H22F2N2O. The Labute approximate surface area is 146 Å². The van der Waals surface area contributed by atoms with Crippen molar-refractivity contribution in [3.63, 3.8) is 0 Å². The number of carbonyl (C=O) groups is 1. The molecule has 132 valence electrons. The molecule has 1 heterocycles. The summed E-state index contributed by atoms with van der Waals surface area (Å²) in [4.78, 5) is 12.4. The second-order valence-electron chi connectivity index (χ2n) is 6.50. The number of carbonyl (C=O) groups excluding carboxylic acids is 1. The minimum absolute atomic E-state index is 0.0504. The lowest BCUT2D eigenvalue weighted by molar-refractivity contribution is -0.121. The van der Waals surface area contributed by atoms with E-state index in [2.05, 4.69) is 10.6 Å². The lowest BCUT2D eigenvalue weighted by atomic mass is 9.97. The Morgan fingerprint density at radius 2 is 1.60 bits per heavy atom. The number of amides is 1. The summed E-state index contributed by atoms with van der Waals surface area (Å²) in [6.07, 6.45) is 2.40. The maximum Gasteiger partial charge on any atom is 0.220 e. The van der Waals surface area contributed by atoms with Crippen LogP contribution in [0.2, 0.25) is 0 Å².